The van der Waals surface area contributed by atoms with Gasteiger partial charge in [-0.15, -0.1) is 0 Å². The summed E-state index contributed by atoms with van der Waals surface area (Å²) in [6.07, 6.45) is 0.630. The summed E-state index contributed by atoms with van der Waals surface area (Å²) in [7, 11) is -2.90. The van der Waals surface area contributed by atoms with Gasteiger partial charge in [-0.3, -0.25) is 9.78 Å². The first-order valence-corrected chi connectivity index (χ1v) is 8.35. The summed E-state index contributed by atoms with van der Waals surface area (Å²) in [5.41, 5.74) is 1.98. The molecule has 2 aromatic rings. The van der Waals surface area contributed by atoms with E-state index in [4.69, 9.17) is 12.2 Å². The summed E-state index contributed by atoms with van der Waals surface area (Å²) in [6.45, 7) is 0. The fourth-order valence-electron chi connectivity index (χ4n) is 2.43. The van der Waals surface area contributed by atoms with Crippen molar-refractivity contribution < 1.29 is 8.42 Å². The van der Waals surface area contributed by atoms with E-state index in [0.717, 1.165) is 11.3 Å². The number of aromatic amines is 1. The molecule has 6 heteroatoms. The number of H-pyrrole nitrogens is 1. The van der Waals surface area contributed by atoms with Crippen LogP contribution in [0.5, 0.6) is 0 Å². The number of hydrogen-bond donors (Lipinski definition) is 1. The topological polar surface area (TPSA) is 54.9 Å². The first kappa shape index (κ1) is 12.6. The first-order chi connectivity index (χ1) is 9.05. The fraction of sp³-hybridized carbons (Fsp3) is 0.308. The molecule has 1 atom stereocenters. The minimum absolute atomic E-state index is 0.0602. The smallest absolute Gasteiger partial charge is 0.152 e. The predicted molar refractivity (Wildman–Crippen MR) is 77.4 cm³/mol. The van der Waals surface area contributed by atoms with Gasteiger partial charge in [-0.2, -0.15) is 0 Å². The zero-order valence-corrected chi connectivity index (χ0v) is 11.9. The van der Waals surface area contributed by atoms with Gasteiger partial charge in [0.1, 0.15) is 4.64 Å². The number of aromatic nitrogens is 2. The molecule has 1 saturated heterocycles. The molecular formula is C13H14N2O2S2. The molecule has 4 nitrogen and oxygen atoms in total. The lowest BCUT2D eigenvalue weighted by Crippen LogP contribution is -2.12. The lowest BCUT2D eigenvalue weighted by atomic mass is 10.2. The zero-order valence-electron chi connectivity index (χ0n) is 10.2. The molecule has 1 aromatic heterocycles. The average molecular weight is 294 g/mol. The Kier molecular flexibility index (Phi) is 3.06. The van der Waals surface area contributed by atoms with Gasteiger partial charge in [-0.25, -0.2) is 8.42 Å². The van der Waals surface area contributed by atoms with E-state index in [1.54, 1.807) is 0 Å². The Balaban J connectivity index is 1.97. The summed E-state index contributed by atoms with van der Waals surface area (Å²) in [5, 5.41) is 3.23. The van der Waals surface area contributed by atoms with Crippen molar-refractivity contribution in [3.05, 3.63) is 41.0 Å². The van der Waals surface area contributed by atoms with Crippen LogP contribution in [0.1, 0.15) is 12.5 Å². The molecule has 1 aromatic carbocycles. The molecule has 0 radical (unpaired) electrons. The second-order valence-corrected chi connectivity index (χ2v) is 7.45. The van der Waals surface area contributed by atoms with Crippen molar-refractivity contribution in [2.75, 3.05) is 11.5 Å². The molecule has 0 spiro atoms. The van der Waals surface area contributed by atoms with Crippen LogP contribution < -0.4 is 0 Å². The lowest BCUT2D eigenvalue weighted by Gasteiger charge is -2.09. The molecule has 1 unspecified atom stereocenters. The molecule has 0 bridgehead atoms. The van der Waals surface area contributed by atoms with Crippen molar-refractivity contribution in [2.24, 2.45) is 0 Å². The van der Waals surface area contributed by atoms with Crippen molar-refractivity contribution >= 4 is 22.1 Å². The van der Waals surface area contributed by atoms with Gasteiger partial charge in [0, 0.05) is 0 Å². The third kappa shape index (κ3) is 2.50. The van der Waals surface area contributed by atoms with E-state index in [-0.39, 0.29) is 17.5 Å². The maximum absolute atomic E-state index is 11.5. The monoisotopic (exact) mass is 294 g/mol. The van der Waals surface area contributed by atoms with Crippen LogP contribution in [0.4, 0.5) is 0 Å². The van der Waals surface area contributed by atoms with Crippen molar-refractivity contribution in [2.45, 2.75) is 12.5 Å². The Labute approximate surface area is 117 Å². The molecule has 0 saturated carbocycles. The number of rotatable bonds is 2. The second kappa shape index (κ2) is 4.61. The van der Waals surface area contributed by atoms with Gasteiger partial charge in [-0.05, 0) is 18.1 Å². The number of hydrogen-bond acceptors (Lipinski definition) is 3. The van der Waals surface area contributed by atoms with E-state index in [1.807, 2.05) is 41.1 Å². The van der Waals surface area contributed by atoms with Gasteiger partial charge in [-0.1, -0.05) is 42.5 Å². The van der Waals surface area contributed by atoms with E-state index < -0.39 is 9.84 Å². The Morgan fingerprint density at radius 3 is 2.63 bits per heavy atom. The van der Waals surface area contributed by atoms with Crippen LogP contribution >= 0.6 is 12.2 Å². The highest BCUT2D eigenvalue weighted by atomic mass is 32.2. The van der Waals surface area contributed by atoms with Crippen molar-refractivity contribution in [3.8, 4) is 11.3 Å². The Morgan fingerprint density at radius 2 is 2.00 bits per heavy atom. The van der Waals surface area contributed by atoms with Gasteiger partial charge in [0.2, 0.25) is 0 Å². The van der Waals surface area contributed by atoms with E-state index in [0.29, 0.717) is 11.1 Å². The van der Waals surface area contributed by atoms with E-state index >= 15 is 0 Å². The molecule has 3 rings (SSSR count). The van der Waals surface area contributed by atoms with Crippen LogP contribution in [0.3, 0.4) is 0 Å². The third-order valence-corrected chi connectivity index (χ3v) is 5.47. The number of benzene rings is 1. The molecule has 19 heavy (non-hydrogen) atoms. The van der Waals surface area contributed by atoms with Gasteiger partial charge < -0.3 is 0 Å². The highest BCUT2D eigenvalue weighted by Crippen LogP contribution is 2.26. The minimum atomic E-state index is -2.90. The highest BCUT2D eigenvalue weighted by Gasteiger charge is 2.29. The van der Waals surface area contributed by atoms with E-state index in [2.05, 4.69) is 5.10 Å². The molecule has 2 heterocycles. The fourth-order valence-corrected chi connectivity index (χ4v) is 4.44. The Bertz CT molecular complexity index is 744. The maximum atomic E-state index is 11.5. The molecule has 1 aliphatic rings. The SMILES string of the molecule is O=S1(=O)CCC(n2[nH]c(-c3ccccc3)cc2=S)C1. The zero-order chi connectivity index (χ0) is 13.5. The van der Waals surface area contributed by atoms with Crippen LogP contribution in [0.2, 0.25) is 0 Å². The molecule has 1 fully saturated rings. The standard InChI is InChI=1S/C13H14N2O2S2/c16-19(17)7-6-11(9-19)15-13(18)8-12(14-15)10-4-2-1-3-5-10/h1-5,8,11,14H,6-7,9H2. The van der Waals surface area contributed by atoms with Crippen LogP contribution in [-0.2, 0) is 9.84 Å². The predicted octanol–water partition coefficient (Wildman–Crippen LogP) is 2.57. The van der Waals surface area contributed by atoms with Crippen molar-refractivity contribution in [1.29, 1.82) is 0 Å². The van der Waals surface area contributed by atoms with Gasteiger partial charge in [0.15, 0.2) is 9.84 Å². The van der Waals surface area contributed by atoms with E-state index in [1.165, 1.54) is 0 Å². The number of nitrogens with one attached hydrogen (secondary N) is 1. The van der Waals surface area contributed by atoms with Crippen LogP contribution in [0.15, 0.2) is 36.4 Å². The first-order valence-electron chi connectivity index (χ1n) is 6.12. The molecule has 100 valence electrons. The van der Waals surface area contributed by atoms with Gasteiger partial charge in [0.05, 0.1) is 23.2 Å². The largest absolute Gasteiger partial charge is 0.297 e. The summed E-state index contributed by atoms with van der Waals surface area (Å²) >= 11 is 5.32. The quantitative estimate of drug-likeness (QED) is 0.866. The minimum Gasteiger partial charge on any atom is -0.297 e. The van der Waals surface area contributed by atoms with Crippen LogP contribution in [0, 0.1) is 4.64 Å². The van der Waals surface area contributed by atoms with E-state index in [9.17, 15) is 8.42 Å². The molecule has 1 N–H and O–H groups in total. The van der Waals surface area contributed by atoms with Crippen molar-refractivity contribution in [3.63, 3.8) is 0 Å². The van der Waals surface area contributed by atoms with Crippen LogP contribution in [0.25, 0.3) is 11.3 Å². The maximum Gasteiger partial charge on any atom is 0.152 e. The molecule has 0 amide bonds. The number of nitrogens with zero attached hydrogens (tertiary/aromatic N) is 1. The normalized spacial score (nSPS) is 21.6. The lowest BCUT2D eigenvalue weighted by molar-refractivity contribution is 0.495. The van der Waals surface area contributed by atoms with Crippen molar-refractivity contribution in [1.82, 2.24) is 9.78 Å². The molecular weight excluding hydrogens is 280 g/mol. The number of sulfone groups is 1. The summed E-state index contributed by atoms with van der Waals surface area (Å²) < 4.78 is 25.5. The Hall–Kier alpha value is -1.40. The van der Waals surface area contributed by atoms with Gasteiger partial charge in [0.25, 0.3) is 0 Å². The summed E-state index contributed by atoms with van der Waals surface area (Å²) in [6, 6.07) is 11.7. The van der Waals surface area contributed by atoms with Gasteiger partial charge >= 0.3 is 0 Å². The third-order valence-electron chi connectivity index (χ3n) is 3.40. The highest BCUT2D eigenvalue weighted by molar-refractivity contribution is 7.91. The summed E-state index contributed by atoms with van der Waals surface area (Å²) in [5.74, 6) is 0.426. The summed E-state index contributed by atoms with van der Waals surface area (Å²) in [4.78, 5) is 0. The second-order valence-electron chi connectivity index (χ2n) is 4.80. The Morgan fingerprint density at radius 1 is 1.26 bits per heavy atom. The van der Waals surface area contributed by atoms with Crippen LogP contribution in [-0.4, -0.2) is 29.7 Å². The molecule has 1 aliphatic heterocycles. The average Bonchev–Trinajstić information content (AvgIpc) is 2.93. The molecule has 0 aliphatic carbocycles.